The topological polar surface area (TPSA) is 88.4 Å². The number of carboxylic acid groups (broad SMARTS) is 1. The lowest BCUT2D eigenvalue weighted by molar-refractivity contribution is -0.138. The van der Waals surface area contributed by atoms with E-state index in [1.807, 2.05) is 42.1 Å². The summed E-state index contributed by atoms with van der Waals surface area (Å²) in [5, 5.41) is 10.6. The molecule has 2 aromatic carbocycles. The maximum absolute atomic E-state index is 13.0. The van der Waals surface area contributed by atoms with Gasteiger partial charge in [0.05, 0.1) is 4.88 Å². The molecule has 2 N–H and O–H groups in total. The molecule has 0 amide bonds. The van der Waals surface area contributed by atoms with Crippen LogP contribution < -0.4 is 4.72 Å². The van der Waals surface area contributed by atoms with Crippen molar-refractivity contribution in [3.63, 3.8) is 0 Å². The third-order valence-electron chi connectivity index (χ3n) is 5.02. The summed E-state index contributed by atoms with van der Waals surface area (Å²) in [5.41, 5.74) is 2.26. The lowest BCUT2D eigenvalue weighted by Crippen LogP contribution is -2.42. The van der Waals surface area contributed by atoms with Gasteiger partial charge in [-0.05, 0) is 48.0 Å². The number of halogens is 1. The van der Waals surface area contributed by atoms with Crippen LogP contribution in [-0.2, 0) is 28.3 Å². The highest BCUT2D eigenvalue weighted by Gasteiger charge is 2.27. The summed E-state index contributed by atoms with van der Waals surface area (Å²) in [6.07, 6.45) is 1.81. The van der Waals surface area contributed by atoms with Gasteiger partial charge >= 0.3 is 5.97 Å². The SMILES string of the molecule is Cn1cc(CC(NS(=O)(=O)c2ccc(C#Cc3ccc(F)cc3)s2)C(=O)O)c2ccccc21. The number of rotatable bonds is 6. The van der Waals surface area contributed by atoms with Crippen molar-refractivity contribution >= 4 is 38.2 Å². The largest absolute Gasteiger partial charge is 0.480 e. The maximum atomic E-state index is 13.0. The molecule has 4 aromatic rings. The molecule has 2 heterocycles. The van der Waals surface area contributed by atoms with Gasteiger partial charge in [0.15, 0.2) is 0 Å². The molecule has 168 valence electrons. The predicted octanol–water partition coefficient (Wildman–Crippen LogP) is 3.75. The van der Waals surface area contributed by atoms with Crippen LogP contribution >= 0.6 is 11.3 Å². The summed E-state index contributed by atoms with van der Waals surface area (Å²) in [7, 11) is -2.22. The van der Waals surface area contributed by atoms with Gasteiger partial charge in [-0.25, -0.2) is 12.8 Å². The number of hydrogen-bond acceptors (Lipinski definition) is 4. The van der Waals surface area contributed by atoms with Crippen molar-refractivity contribution < 1.29 is 22.7 Å². The van der Waals surface area contributed by atoms with E-state index in [9.17, 15) is 22.7 Å². The number of aryl methyl sites for hydroxylation is 1. The molecule has 0 bridgehead atoms. The zero-order chi connectivity index (χ0) is 23.6. The number of thiophene rings is 1. The Bertz CT molecular complexity index is 1490. The number of carbonyl (C=O) groups is 1. The van der Waals surface area contributed by atoms with Gasteiger partial charge in [-0.2, -0.15) is 4.72 Å². The van der Waals surface area contributed by atoms with Gasteiger partial charge in [-0.15, -0.1) is 11.3 Å². The van der Waals surface area contributed by atoms with Crippen molar-refractivity contribution in [1.29, 1.82) is 0 Å². The number of fused-ring (bicyclic) bond motifs is 1. The molecular weight excluding hydrogens is 463 g/mol. The van der Waals surface area contributed by atoms with Gasteiger partial charge in [0.2, 0.25) is 0 Å². The van der Waals surface area contributed by atoms with Crippen molar-refractivity contribution in [3.8, 4) is 11.8 Å². The first-order chi connectivity index (χ1) is 15.7. The maximum Gasteiger partial charge on any atom is 0.322 e. The first-order valence-corrected chi connectivity index (χ1v) is 12.2. The van der Waals surface area contributed by atoms with Gasteiger partial charge in [0.1, 0.15) is 16.1 Å². The second kappa shape index (κ2) is 9.19. The molecule has 1 atom stereocenters. The van der Waals surface area contributed by atoms with Crippen LogP contribution in [-0.4, -0.2) is 30.1 Å². The number of aromatic nitrogens is 1. The molecule has 4 rings (SSSR count). The van der Waals surface area contributed by atoms with Gasteiger partial charge in [0.25, 0.3) is 10.0 Å². The minimum atomic E-state index is -4.08. The summed E-state index contributed by atoms with van der Waals surface area (Å²) in [6, 6.07) is 14.8. The number of hydrogen-bond donors (Lipinski definition) is 2. The lowest BCUT2D eigenvalue weighted by atomic mass is 10.1. The van der Waals surface area contributed by atoms with Crippen molar-refractivity contribution in [1.82, 2.24) is 9.29 Å². The van der Waals surface area contributed by atoms with Crippen LogP contribution in [0, 0.1) is 17.7 Å². The van der Waals surface area contributed by atoms with Crippen LogP contribution in [0.25, 0.3) is 10.9 Å². The summed E-state index contributed by atoms with van der Waals surface area (Å²) in [4.78, 5) is 12.4. The van der Waals surface area contributed by atoms with Crippen LogP contribution in [0.15, 0.2) is 71.1 Å². The summed E-state index contributed by atoms with van der Waals surface area (Å²) in [5.74, 6) is 4.06. The third-order valence-corrected chi connectivity index (χ3v) is 7.98. The smallest absolute Gasteiger partial charge is 0.322 e. The first-order valence-electron chi connectivity index (χ1n) is 9.88. The van der Waals surface area contributed by atoms with Crippen molar-refractivity contribution in [3.05, 3.63) is 88.7 Å². The standard InChI is InChI=1S/C24H19FN2O4S2/c1-27-15-17(20-4-2-3-5-22(20)27)14-21(24(28)29)26-33(30,31)23-13-12-19(32-23)11-8-16-6-9-18(25)10-7-16/h2-7,9-10,12-13,15,21,26H,14H2,1H3,(H,28,29). The Balaban J connectivity index is 1.54. The average Bonchev–Trinajstić information content (AvgIpc) is 3.39. The summed E-state index contributed by atoms with van der Waals surface area (Å²) < 4.78 is 42.9. The third kappa shape index (κ3) is 5.14. The Morgan fingerprint density at radius 3 is 2.58 bits per heavy atom. The molecule has 9 heteroatoms. The highest BCUT2D eigenvalue weighted by molar-refractivity contribution is 7.91. The van der Waals surface area contributed by atoms with Crippen LogP contribution in [0.4, 0.5) is 4.39 Å². The fourth-order valence-corrected chi connectivity index (χ4v) is 5.80. The van der Waals surface area contributed by atoms with Crippen LogP contribution in [0.2, 0.25) is 0 Å². The highest BCUT2D eigenvalue weighted by atomic mass is 32.2. The van der Waals surface area contributed by atoms with Gasteiger partial charge in [-0.3, -0.25) is 4.79 Å². The average molecular weight is 483 g/mol. The monoisotopic (exact) mass is 482 g/mol. The Kier molecular flexibility index (Phi) is 6.33. The molecule has 0 saturated carbocycles. The van der Waals surface area contributed by atoms with Crippen molar-refractivity contribution in [2.45, 2.75) is 16.7 Å². The number of para-hydroxylation sites is 1. The molecule has 6 nitrogen and oxygen atoms in total. The number of nitrogens with zero attached hydrogens (tertiary/aromatic N) is 1. The number of carboxylic acids is 1. The van der Waals surface area contributed by atoms with E-state index < -0.39 is 22.0 Å². The van der Waals surface area contributed by atoms with E-state index in [-0.39, 0.29) is 16.4 Å². The molecule has 0 aliphatic carbocycles. The van der Waals surface area contributed by atoms with Crippen LogP contribution in [0.1, 0.15) is 16.0 Å². The predicted molar refractivity (Wildman–Crippen MR) is 125 cm³/mol. The Morgan fingerprint density at radius 2 is 1.85 bits per heavy atom. The van der Waals surface area contributed by atoms with E-state index in [4.69, 9.17) is 0 Å². The Hall–Kier alpha value is -3.45. The molecule has 0 aliphatic rings. The number of sulfonamides is 1. The van der Waals surface area contributed by atoms with Crippen LogP contribution in [0.5, 0.6) is 0 Å². The molecule has 33 heavy (non-hydrogen) atoms. The zero-order valence-electron chi connectivity index (χ0n) is 17.4. The Labute approximate surface area is 194 Å². The minimum absolute atomic E-state index is 0.00147. The fourth-order valence-electron chi connectivity index (χ4n) is 3.43. The molecule has 0 fully saturated rings. The first kappa shape index (κ1) is 22.7. The van der Waals surface area contributed by atoms with Gasteiger partial charge < -0.3 is 9.67 Å². The van der Waals surface area contributed by atoms with Crippen LogP contribution in [0.3, 0.4) is 0 Å². The van der Waals surface area contributed by atoms with E-state index in [1.54, 1.807) is 6.07 Å². The normalized spacial score (nSPS) is 12.3. The van der Waals surface area contributed by atoms with E-state index in [0.29, 0.717) is 10.4 Å². The molecule has 0 spiro atoms. The zero-order valence-corrected chi connectivity index (χ0v) is 19.1. The number of nitrogens with one attached hydrogen (secondary N) is 1. The number of benzene rings is 2. The Morgan fingerprint density at radius 1 is 1.12 bits per heavy atom. The van der Waals surface area contributed by atoms with Crippen molar-refractivity contribution in [2.24, 2.45) is 7.05 Å². The van der Waals surface area contributed by atoms with E-state index in [1.165, 1.54) is 30.3 Å². The molecule has 0 radical (unpaired) electrons. The molecular formula is C24H19FN2O4S2. The van der Waals surface area contributed by atoms with Gasteiger partial charge in [-0.1, -0.05) is 30.0 Å². The lowest BCUT2D eigenvalue weighted by Gasteiger charge is -2.13. The molecule has 0 aliphatic heterocycles. The fraction of sp³-hybridized carbons (Fsp3) is 0.125. The quantitative estimate of drug-likeness (QED) is 0.410. The second-order valence-electron chi connectivity index (χ2n) is 7.37. The van der Waals surface area contributed by atoms with E-state index in [0.717, 1.165) is 27.8 Å². The summed E-state index contributed by atoms with van der Waals surface area (Å²) in [6.45, 7) is 0. The molecule has 1 unspecified atom stereocenters. The minimum Gasteiger partial charge on any atom is -0.480 e. The molecule has 2 aromatic heterocycles. The van der Waals surface area contributed by atoms with Crippen molar-refractivity contribution in [2.75, 3.05) is 0 Å². The second-order valence-corrected chi connectivity index (χ2v) is 10.4. The van der Waals surface area contributed by atoms with Gasteiger partial charge in [0, 0.05) is 36.1 Å². The van der Waals surface area contributed by atoms with E-state index >= 15 is 0 Å². The highest BCUT2D eigenvalue weighted by Crippen LogP contribution is 2.24. The molecule has 0 saturated heterocycles. The van der Waals surface area contributed by atoms with E-state index in [2.05, 4.69) is 16.6 Å². The summed E-state index contributed by atoms with van der Waals surface area (Å²) >= 11 is 0.934. The number of aliphatic carboxylic acids is 1.